The zero-order valence-electron chi connectivity index (χ0n) is 39.6. The van der Waals surface area contributed by atoms with Gasteiger partial charge >= 0.3 is 12.0 Å². The number of primary amides is 1. The number of hydrogen-bond donors (Lipinski definition) is 7. The highest BCUT2D eigenvalue weighted by Gasteiger charge is 2.57. The standard InChI is InChI=1S/C49H65N7O11/c1-23(2)41(50)47(63)54-33(10-9-15-52-49(51)65)38(58)17-28-11-13-29(14-12-28)22-67-39(59)16-24(3)46(62)53-21-36-40-32(43(60)27(6)45(66-8)44(40)61)19-34-42-31-20-37(57)26(5)25(4)30(31)18-35(55(42)7)48(64)56(34)36/h11-14,20,23-24,33-36,41-42,48,57,64H,9-10,15-19,21-22,50H2,1-8H3,(H,53,62)(H,54,63)(H3,51,52,65)/t24-,33+,34+,35?,36+,41+,42+,48+/m1/s1. The summed E-state index contributed by atoms with van der Waals surface area (Å²) in [5, 5.41) is 31.3. The molecule has 0 saturated carbocycles. The van der Waals surface area contributed by atoms with E-state index in [1.54, 1.807) is 58.0 Å². The van der Waals surface area contributed by atoms with Gasteiger partial charge in [-0.05, 0) is 98.9 Å². The number of aliphatic hydroxyl groups excluding tert-OH is 1. The van der Waals surface area contributed by atoms with Crippen LogP contribution in [0.5, 0.6) is 5.75 Å². The van der Waals surface area contributed by atoms with Crippen LogP contribution in [0.4, 0.5) is 4.79 Å². The Morgan fingerprint density at radius 2 is 1.60 bits per heavy atom. The average Bonchev–Trinajstić information content (AvgIpc) is 3.28. The number of hydrogen-bond acceptors (Lipinski definition) is 14. The number of nitrogens with zero attached hydrogens (tertiary/aromatic N) is 2. The van der Waals surface area contributed by atoms with E-state index in [1.165, 1.54) is 7.11 Å². The Bertz CT molecular complexity index is 2380. The van der Waals surface area contributed by atoms with Gasteiger partial charge in [-0.3, -0.25) is 38.6 Å². The lowest BCUT2D eigenvalue weighted by Crippen LogP contribution is -2.71. The molecule has 67 heavy (non-hydrogen) atoms. The van der Waals surface area contributed by atoms with Crippen molar-refractivity contribution < 1.29 is 53.2 Å². The predicted octanol–water partition coefficient (Wildman–Crippen LogP) is 1.96. The molecule has 1 fully saturated rings. The van der Waals surface area contributed by atoms with Crippen LogP contribution in [-0.4, -0.2) is 125 Å². The number of aliphatic hydroxyl groups is 1. The normalized spacial score (nSPS) is 22.8. The molecule has 9 N–H and O–H groups in total. The minimum Gasteiger partial charge on any atom is -0.508 e. The molecule has 0 radical (unpaired) electrons. The van der Waals surface area contributed by atoms with E-state index < -0.39 is 72.0 Å². The summed E-state index contributed by atoms with van der Waals surface area (Å²) in [5.74, 6) is -3.62. The van der Waals surface area contributed by atoms with Gasteiger partial charge in [0.15, 0.2) is 17.3 Å². The number of carbonyl (C=O) groups is 7. The van der Waals surface area contributed by atoms with Crippen LogP contribution in [0.15, 0.2) is 52.8 Å². The first-order valence-electron chi connectivity index (χ1n) is 22.9. The van der Waals surface area contributed by atoms with Crippen LogP contribution in [0.2, 0.25) is 0 Å². The van der Waals surface area contributed by atoms with Crippen LogP contribution < -0.4 is 27.4 Å². The molecular weight excluding hydrogens is 863 g/mol. The van der Waals surface area contributed by atoms with Gasteiger partial charge in [0, 0.05) is 48.2 Å². The first-order valence-corrected chi connectivity index (χ1v) is 22.9. The van der Waals surface area contributed by atoms with E-state index in [2.05, 4.69) is 20.9 Å². The van der Waals surface area contributed by atoms with Crippen molar-refractivity contribution in [2.45, 2.75) is 129 Å². The Balaban J connectivity index is 1.10. The second kappa shape index (κ2) is 20.9. The molecular formula is C49H65N7O11. The van der Waals surface area contributed by atoms with Crippen molar-refractivity contribution in [2.24, 2.45) is 23.3 Å². The van der Waals surface area contributed by atoms with Gasteiger partial charge in [-0.2, -0.15) is 0 Å². The van der Waals surface area contributed by atoms with Crippen LogP contribution >= 0.6 is 0 Å². The number of piperazine rings is 1. The molecule has 4 amide bonds. The van der Waals surface area contributed by atoms with Crippen molar-refractivity contribution in [1.29, 1.82) is 0 Å². The minimum atomic E-state index is -1.10. The SMILES string of the molecule is COC1=C(C)C(=O)C2=C(C1=O)[C@H](CNC(=O)[C@H](C)CC(=O)OCc1ccc(CC(=O)[C@H](CCCNC(N)=O)NC(=O)[C@@H](N)C(C)C)cc1)N1[C@@H](O)C3Cc4c(cc(O)c(C)c4C)[C@@H]([C@@H]1C2)N3C. The number of fused-ring (bicyclic) bond motifs is 6. The quantitative estimate of drug-likeness (QED) is 0.0640. The Labute approximate surface area is 390 Å². The average molecular weight is 928 g/mol. The molecule has 3 heterocycles. The summed E-state index contributed by atoms with van der Waals surface area (Å²) in [7, 11) is 3.24. The number of benzene rings is 2. The number of ether oxygens (including phenoxy) is 2. The van der Waals surface area contributed by atoms with E-state index in [4.69, 9.17) is 20.9 Å². The predicted molar refractivity (Wildman–Crippen MR) is 246 cm³/mol. The molecule has 18 heteroatoms. The van der Waals surface area contributed by atoms with Crippen molar-refractivity contribution in [2.75, 3.05) is 27.2 Å². The number of aromatic hydroxyl groups is 1. The topological polar surface area (TPSA) is 273 Å². The number of ketones is 3. The molecule has 362 valence electrons. The van der Waals surface area contributed by atoms with Crippen LogP contribution in [0, 0.1) is 25.7 Å². The fourth-order valence-corrected chi connectivity index (χ4v) is 9.94. The number of carbonyl (C=O) groups excluding carboxylic acids is 7. The molecule has 1 aliphatic carbocycles. The number of methoxy groups -OCH3 is 1. The molecule has 3 aliphatic heterocycles. The maximum Gasteiger partial charge on any atom is 0.312 e. The molecule has 2 bridgehead atoms. The molecule has 1 unspecified atom stereocenters. The number of likely N-dealkylation sites (N-methyl/N-ethyl adjacent to an activating group) is 1. The van der Waals surface area contributed by atoms with Crippen LogP contribution in [0.25, 0.3) is 0 Å². The van der Waals surface area contributed by atoms with Crippen molar-refractivity contribution in [3.8, 4) is 5.75 Å². The summed E-state index contributed by atoms with van der Waals surface area (Å²) < 4.78 is 11.0. The van der Waals surface area contributed by atoms with Crippen molar-refractivity contribution in [1.82, 2.24) is 25.8 Å². The summed E-state index contributed by atoms with van der Waals surface area (Å²) in [5.41, 5.74) is 16.7. The fourth-order valence-electron chi connectivity index (χ4n) is 9.94. The fraction of sp³-hybridized carbons (Fsp3) is 0.531. The van der Waals surface area contributed by atoms with Crippen molar-refractivity contribution in [3.05, 3.63) is 86.2 Å². The van der Waals surface area contributed by atoms with E-state index >= 15 is 0 Å². The zero-order valence-corrected chi connectivity index (χ0v) is 39.6. The number of amides is 4. The summed E-state index contributed by atoms with van der Waals surface area (Å²) in [6, 6.07) is 4.04. The van der Waals surface area contributed by atoms with Gasteiger partial charge in [-0.25, -0.2) is 4.79 Å². The molecule has 4 aliphatic rings. The summed E-state index contributed by atoms with van der Waals surface area (Å²) in [6.45, 7) is 10.5. The van der Waals surface area contributed by atoms with Gasteiger partial charge in [0.2, 0.25) is 17.6 Å². The highest BCUT2D eigenvalue weighted by molar-refractivity contribution is 6.25. The molecule has 18 nitrogen and oxygen atoms in total. The summed E-state index contributed by atoms with van der Waals surface area (Å²) >= 11 is 0. The molecule has 0 aromatic heterocycles. The summed E-state index contributed by atoms with van der Waals surface area (Å²) in [6.07, 6.45) is -0.111. The van der Waals surface area contributed by atoms with Crippen LogP contribution in [-0.2, 0) is 57.7 Å². The third-order valence-corrected chi connectivity index (χ3v) is 14.1. The molecule has 2 aromatic rings. The number of rotatable bonds is 18. The highest BCUT2D eigenvalue weighted by atomic mass is 16.5. The number of Topliss-reactive ketones (excluding diaryl/α,β-unsaturated/α-hetero) is 3. The monoisotopic (exact) mass is 927 g/mol. The number of urea groups is 1. The van der Waals surface area contributed by atoms with E-state index in [1.807, 2.05) is 25.8 Å². The van der Waals surface area contributed by atoms with Gasteiger partial charge in [0.1, 0.15) is 18.6 Å². The molecule has 6 rings (SSSR count). The van der Waals surface area contributed by atoms with Crippen LogP contribution in [0.3, 0.4) is 0 Å². The van der Waals surface area contributed by atoms with Gasteiger partial charge in [0.05, 0.1) is 43.7 Å². The Kier molecular flexibility index (Phi) is 15.8. The van der Waals surface area contributed by atoms with E-state index in [0.29, 0.717) is 29.5 Å². The molecule has 0 spiro atoms. The number of nitrogens with one attached hydrogen (secondary N) is 3. The lowest BCUT2D eigenvalue weighted by molar-refractivity contribution is -0.167. The number of phenols is 1. The molecule has 1 saturated heterocycles. The summed E-state index contributed by atoms with van der Waals surface area (Å²) in [4.78, 5) is 96.0. The third kappa shape index (κ3) is 10.5. The maximum absolute atomic E-state index is 14.2. The lowest BCUT2D eigenvalue weighted by Gasteiger charge is -2.60. The van der Waals surface area contributed by atoms with Crippen molar-refractivity contribution in [3.63, 3.8) is 0 Å². The number of esters is 1. The zero-order chi connectivity index (χ0) is 49.2. The Morgan fingerprint density at radius 1 is 0.925 bits per heavy atom. The van der Waals surface area contributed by atoms with Gasteiger partial charge < -0.3 is 47.1 Å². The maximum atomic E-state index is 14.2. The van der Waals surface area contributed by atoms with Gasteiger partial charge in [-0.15, -0.1) is 0 Å². The Morgan fingerprint density at radius 3 is 2.24 bits per heavy atom. The number of phenolic OH excluding ortho intramolecular Hbond substituents is 1. The third-order valence-electron chi connectivity index (χ3n) is 14.1. The van der Waals surface area contributed by atoms with E-state index in [0.717, 1.165) is 22.3 Å². The first-order chi connectivity index (χ1) is 31.7. The largest absolute Gasteiger partial charge is 0.508 e. The van der Waals surface area contributed by atoms with E-state index in [-0.39, 0.29) is 91.6 Å². The first kappa shape index (κ1) is 50.5. The van der Waals surface area contributed by atoms with Gasteiger partial charge in [0.25, 0.3) is 0 Å². The van der Waals surface area contributed by atoms with Crippen LogP contribution in [0.1, 0.15) is 92.8 Å². The van der Waals surface area contributed by atoms with Gasteiger partial charge in [-0.1, -0.05) is 45.0 Å². The van der Waals surface area contributed by atoms with E-state index in [9.17, 15) is 43.8 Å². The lowest BCUT2D eigenvalue weighted by atomic mass is 9.70. The minimum absolute atomic E-state index is 0.000863. The number of nitrogens with two attached hydrogens (primary N) is 2. The van der Waals surface area contributed by atoms with Crippen molar-refractivity contribution >= 4 is 41.2 Å². The smallest absolute Gasteiger partial charge is 0.312 e. The molecule has 8 atom stereocenters. The second-order valence-corrected chi connectivity index (χ2v) is 18.7. The second-order valence-electron chi connectivity index (χ2n) is 18.7. The molecule has 2 aromatic carbocycles. The Hall–Kier alpha value is -5.95. The highest BCUT2D eigenvalue weighted by Crippen LogP contribution is 2.51. The number of allylic oxidation sites excluding steroid dienone is 2.